The van der Waals surface area contributed by atoms with E-state index in [0.717, 1.165) is 5.01 Å². The molecule has 0 radical (unpaired) electrons. The highest BCUT2D eigenvalue weighted by molar-refractivity contribution is 7.13. The minimum Gasteiger partial charge on any atom is -0.392 e. The topological polar surface area (TPSA) is 75.1 Å². The molecule has 0 fully saturated rings. The van der Waals surface area contributed by atoms with E-state index in [-0.39, 0.29) is 12.5 Å². The predicted octanol–water partition coefficient (Wildman–Crippen LogP) is 2.41. The number of aromatic nitrogens is 2. The van der Waals surface area contributed by atoms with Gasteiger partial charge in [0, 0.05) is 17.7 Å². The van der Waals surface area contributed by atoms with Gasteiger partial charge >= 0.3 is 0 Å². The quantitative estimate of drug-likeness (QED) is 0.900. The van der Waals surface area contributed by atoms with Gasteiger partial charge in [0.1, 0.15) is 4.88 Å². The monoisotopic (exact) mass is 277 g/mol. The Balaban J connectivity index is 2.16. The smallest absolute Gasteiger partial charge is 0.267 e. The van der Waals surface area contributed by atoms with Crippen LogP contribution in [-0.4, -0.2) is 21.0 Å². The number of aliphatic hydroxyl groups is 1. The molecule has 6 heteroatoms. The van der Waals surface area contributed by atoms with E-state index < -0.39 is 0 Å². The molecule has 0 saturated carbocycles. The van der Waals surface area contributed by atoms with Crippen molar-refractivity contribution in [3.8, 4) is 0 Å². The first-order valence-electron chi connectivity index (χ1n) is 5.92. The maximum Gasteiger partial charge on any atom is 0.267 e. The SMILES string of the molecule is CC(C)c1ncc(C(=O)Nc2cnccc2CO)s1. The van der Waals surface area contributed by atoms with Gasteiger partial charge in [-0.25, -0.2) is 4.98 Å². The van der Waals surface area contributed by atoms with Gasteiger partial charge in [-0.2, -0.15) is 0 Å². The van der Waals surface area contributed by atoms with Crippen LogP contribution in [-0.2, 0) is 6.61 Å². The first-order valence-corrected chi connectivity index (χ1v) is 6.74. The Bertz CT molecular complexity index is 581. The summed E-state index contributed by atoms with van der Waals surface area (Å²) in [7, 11) is 0. The molecule has 100 valence electrons. The Labute approximate surface area is 115 Å². The van der Waals surface area contributed by atoms with E-state index in [1.165, 1.54) is 17.5 Å². The number of nitrogens with zero attached hydrogens (tertiary/aromatic N) is 2. The van der Waals surface area contributed by atoms with Gasteiger partial charge in [-0.3, -0.25) is 9.78 Å². The van der Waals surface area contributed by atoms with Gasteiger partial charge < -0.3 is 10.4 Å². The van der Waals surface area contributed by atoms with E-state index in [1.54, 1.807) is 18.5 Å². The number of carbonyl (C=O) groups excluding carboxylic acids is 1. The van der Waals surface area contributed by atoms with E-state index >= 15 is 0 Å². The molecule has 2 aromatic heterocycles. The number of hydrogen-bond donors (Lipinski definition) is 2. The molecule has 0 aliphatic heterocycles. The van der Waals surface area contributed by atoms with Crippen molar-refractivity contribution in [1.29, 1.82) is 0 Å². The summed E-state index contributed by atoms with van der Waals surface area (Å²) >= 11 is 1.38. The van der Waals surface area contributed by atoms with Crippen LogP contribution in [0.1, 0.15) is 40.0 Å². The molecule has 5 nitrogen and oxygen atoms in total. The molecule has 0 aliphatic rings. The van der Waals surface area contributed by atoms with Gasteiger partial charge in [-0.1, -0.05) is 13.8 Å². The second kappa shape index (κ2) is 5.90. The van der Waals surface area contributed by atoms with E-state index in [2.05, 4.69) is 15.3 Å². The Hall–Kier alpha value is -1.79. The summed E-state index contributed by atoms with van der Waals surface area (Å²) in [6.45, 7) is 3.93. The Morgan fingerprint density at radius 3 is 2.89 bits per heavy atom. The number of rotatable bonds is 4. The van der Waals surface area contributed by atoms with Crippen LogP contribution in [0.5, 0.6) is 0 Å². The number of amides is 1. The first-order chi connectivity index (χ1) is 9.11. The summed E-state index contributed by atoms with van der Waals surface area (Å²) in [5.41, 5.74) is 1.16. The van der Waals surface area contributed by atoms with Crippen molar-refractivity contribution in [1.82, 2.24) is 9.97 Å². The van der Waals surface area contributed by atoms with Gasteiger partial charge in [0.2, 0.25) is 0 Å². The maximum atomic E-state index is 12.1. The molecule has 2 heterocycles. The number of thiazole rings is 1. The van der Waals surface area contributed by atoms with Gasteiger partial charge in [0.25, 0.3) is 5.91 Å². The van der Waals surface area contributed by atoms with Crippen molar-refractivity contribution in [2.45, 2.75) is 26.4 Å². The molecule has 2 aromatic rings. The highest BCUT2D eigenvalue weighted by Gasteiger charge is 2.13. The van der Waals surface area contributed by atoms with E-state index in [4.69, 9.17) is 0 Å². The summed E-state index contributed by atoms with van der Waals surface area (Å²) in [5, 5.41) is 12.9. The average molecular weight is 277 g/mol. The van der Waals surface area contributed by atoms with Gasteiger partial charge in [-0.15, -0.1) is 11.3 Å². The molecule has 0 aliphatic carbocycles. The van der Waals surface area contributed by atoms with E-state index in [0.29, 0.717) is 22.0 Å². The third kappa shape index (κ3) is 3.15. The van der Waals surface area contributed by atoms with Crippen LogP contribution >= 0.6 is 11.3 Å². The largest absolute Gasteiger partial charge is 0.392 e. The van der Waals surface area contributed by atoms with Crippen molar-refractivity contribution in [2.75, 3.05) is 5.32 Å². The third-order valence-corrected chi connectivity index (χ3v) is 3.87. The molecular weight excluding hydrogens is 262 g/mol. The van der Waals surface area contributed by atoms with Gasteiger partial charge in [-0.05, 0) is 6.07 Å². The van der Waals surface area contributed by atoms with Crippen LogP contribution in [0.2, 0.25) is 0 Å². The fourth-order valence-corrected chi connectivity index (χ4v) is 2.33. The number of hydrogen-bond acceptors (Lipinski definition) is 5. The normalized spacial score (nSPS) is 10.7. The van der Waals surface area contributed by atoms with Crippen LogP contribution in [0.4, 0.5) is 5.69 Å². The van der Waals surface area contributed by atoms with Crippen LogP contribution < -0.4 is 5.32 Å². The van der Waals surface area contributed by atoms with Crippen LogP contribution in [0.15, 0.2) is 24.7 Å². The van der Waals surface area contributed by atoms with Crippen LogP contribution in [0.3, 0.4) is 0 Å². The van der Waals surface area contributed by atoms with Crippen molar-refractivity contribution in [3.05, 3.63) is 40.1 Å². The maximum absolute atomic E-state index is 12.1. The number of carbonyl (C=O) groups is 1. The Kier molecular flexibility index (Phi) is 4.24. The molecule has 19 heavy (non-hydrogen) atoms. The lowest BCUT2D eigenvalue weighted by molar-refractivity contribution is 0.103. The molecule has 0 aromatic carbocycles. The van der Waals surface area contributed by atoms with Gasteiger partial charge in [0.05, 0.1) is 29.7 Å². The lowest BCUT2D eigenvalue weighted by atomic mass is 10.2. The highest BCUT2D eigenvalue weighted by Crippen LogP contribution is 2.22. The Morgan fingerprint density at radius 1 is 1.47 bits per heavy atom. The molecule has 0 saturated heterocycles. The van der Waals surface area contributed by atoms with Gasteiger partial charge in [0.15, 0.2) is 0 Å². The molecule has 2 N–H and O–H groups in total. The number of nitrogens with one attached hydrogen (secondary N) is 1. The number of aliphatic hydroxyl groups excluding tert-OH is 1. The molecule has 2 rings (SSSR count). The second-order valence-electron chi connectivity index (χ2n) is 4.36. The standard InChI is InChI=1S/C13H15N3O2S/c1-8(2)13-15-6-11(19-13)12(18)16-10-5-14-4-3-9(10)7-17/h3-6,8,17H,7H2,1-2H3,(H,16,18). The summed E-state index contributed by atoms with van der Waals surface area (Å²) in [6, 6.07) is 1.67. The van der Waals surface area contributed by atoms with Crippen molar-refractivity contribution >= 4 is 22.9 Å². The zero-order valence-electron chi connectivity index (χ0n) is 10.8. The summed E-state index contributed by atoms with van der Waals surface area (Å²) in [6.07, 6.45) is 4.67. The number of pyridine rings is 1. The zero-order chi connectivity index (χ0) is 13.8. The first kappa shape index (κ1) is 13.6. The summed E-state index contributed by atoms with van der Waals surface area (Å²) in [5.74, 6) is 0.0741. The predicted molar refractivity (Wildman–Crippen MR) is 74.3 cm³/mol. The van der Waals surface area contributed by atoms with E-state index in [9.17, 15) is 9.90 Å². The molecule has 0 atom stereocenters. The molecule has 1 amide bonds. The van der Waals surface area contributed by atoms with E-state index in [1.807, 2.05) is 13.8 Å². The molecule has 0 spiro atoms. The number of anilines is 1. The third-order valence-electron chi connectivity index (χ3n) is 2.57. The lowest BCUT2D eigenvalue weighted by Crippen LogP contribution is -2.12. The average Bonchev–Trinajstić information content (AvgIpc) is 2.89. The van der Waals surface area contributed by atoms with Crippen molar-refractivity contribution < 1.29 is 9.90 Å². The molecule has 0 unspecified atom stereocenters. The minimum atomic E-state index is -0.230. The van der Waals surface area contributed by atoms with Crippen molar-refractivity contribution in [3.63, 3.8) is 0 Å². The lowest BCUT2D eigenvalue weighted by Gasteiger charge is -2.07. The Morgan fingerprint density at radius 2 is 2.26 bits per heavy atom. The summed E-state index contributed by atoms with van der Waals surface area (Å²) < 4.78 is 0. The van der Waals surface area contributed by atoms with Crippen molar-refractivity contribution in [2.24, 2.45) is 0 Å². The summed E-state index contributed by atoms with van der Waals surface area (Å²) in [4.78, 5) is 20.8. The molecular formula is C13H15N3O2S. The molecule has 0 bridgehead atoms. The fraction of sp³-hybridized carbons (Fsp3) is 0.308. The minimum absolute atomic E-state index is 0.141. The second-order valence-corrected chi connectivity index (χ2v) is 5.42. The zero-order valence-corrected chi connectivity index (χ0v) is 11.6. The highest BCUT2D eigenvalue weighted by atomic mass is 32.1. The van der Waals surface area contributed by atoms with Crippen LogP contribution in [0.25, 0.3) is 0 Å². The van der Waals surface area contributed by atoms with Crippen LogP contribution in [0, 0.1) is 0 Å². The fourth-order valence-electron chi connectivity index (χ4n) is 1.52.